The van der Waals surface area contributed by atoms with Gasteiger partial charge in [0.2, 0.25) is 0 Å². The Morgan fingerprint density at radius 1 is 0.633 bits per heavy atom. The molecule has 4 heteroatoms. The summed E-state index contributed by atoms with van der Waals surface area (Å²) < 4.78 is 0. The summed E-state index contributed by atoms with van der Waals surface area (Å²) in [5.41, 5.74) is 4.69. The Labute approximate surface area is 184 Å². The first-order chi connectivity index (χ1) is 14.7. The summed E-state index contributed by atoms with van der Waals surface area (Å²) in [5.74, 6) is 0. The fourth-order valence-corrected chi connectivity index (χ4v) is 5.79. The highest BCUT2D eigenvalue weighted by Gasteiger charge is 2.23. The highest BCUT2D eigenvalue weighted by atomic mass is 32.1. The van der Waals surface area contributed by atoms with Crippen molar-refractivity contribution >= 4 is 50.8 Å². The van der Waals surface area contributed by atoms with Crippen molar-refractivity contribution in [2.75, 3.05) is 0 Å². The number of rotatable bonds is 4. The smallest absolute Gasteiger partial charge is 0.0882 e. The third kappa shape index (κ3) is 3.49. The van der Waals surface area contributed by atoms with Crippen LogP contribution >= 0.6 is 22.7 Å². The molecular weight excluding hydrogens is 404 g/mol. The van der Waals surface area contributed by atoms with Crippen molar-refractivity contribution in [3.05, 3.63) is 99.6 Å². The van der Waals surface area contributed by atoms with Gasteiger partial charge in [-0.25, -0.2) is 0 Å². The molecule has 0 amide bonds. The lowest BCUT2D eigenvalue weighted by Gasteiger charge is -2.15. The highest BCUT2D eigenvalue weighted by molar-refractivity contribution is 7.17. The first kappa shape index (κ1) is 18.9. The summed E-state index contributed by atoms with van der Waals surface area (Å²) in [6, 6.07) is 18.7. The van der Waals surface area contributed by atoms with E-state index < -0.39 is 0 Å². The lowest BCUT2D eigenvalue weighted by atomic mass is 9.92. The van der Waals surface area contributed by atoms with Crippen LogP contribution in [-0.4, -0.2) is 11.4 Å². The molecule has 2 N–H and O–H groups in total. The summed E-state index contributed by atoms with van der Waals surface area (Å²) in [4.78, 5) is 4.48. The Bertz CT molecular complexity index is 1260. The second-order valence-electron chi connectivity index (χ2n) is 7.24. The van der Waals surface area contributed by atoms with Crippen LogP contribution in [0, 0.1) is 10.8 Å². The summed E-state index contributed by atoms with van der Waals surface area (Å²) in [6.07, 6.45) is 12.9. The van der Waals surface area contributed by atoms with Crippen LogP contribution in [0.2, 0.25) is 0 Å². The SMILES string of the molecule is N=C1C(=N)C(c2ccc(-c3ccccc3)s2)=CC=C1c1ccc(C2=CCCC=C2)s1. The molecule has 5 rings (SSSR count). The van der Waals surface area contributed by atoms with Crippen LogP contribution < -0.4 is 0 Å². The van der Waals surface area contributed by atoms with Gasteiger partial charge in [0, 0.05) is 30.7 Å². The Morgan fingerprint density at radius 2 is 1.23 bits per heavy atom. The molecule has 2 aliphatic carbocycles. The predicted octanol–water partition coefficient (Wildman–Crippen LogP) is 7.73. The van der Waals surface area contributed by atoms with Gasteiger partial charge in [0.15, 0.2) is 0 Å². The number of thiophene rings is 2. The molecule has 0 atom stereocenters. The topological polar surface area (TPSA) is 47.7 Å². The summed E-state index contributed by atoms with van der Waals surface area (Å²) in [7, 11) is 0. The third-order valence-corrected chi connectivity index (χ3v) is 7.62. The number of benzene rings is 1. The third-order valence-electron chi connectivity index (χ3n) is 5.29. The Hall–Kier alpha value is -3.08. The molecule has 2 nitrogen and oxygen atoms in total. The average Bonchev–Trinajstić information content (AvgIpc) is 3.47. The lowest BCUT2D eigenvalue weighted by molar-refractivity contribution is 1.04. The number of hydrogen-bond acceptors (Lipinski definition) is 4. The minimum absolute atomic E-state index is 0.292. The van der Waals surface area contributed by atoms with E-state index in [-0.39, 0.29) is 0 Å². The Morgan fingerprint density at radius 3 is 1.87 bits per heavy atom. The van der Waals surface area contributed by atoms with E-state index in [1.54, 1.807) is 22.7 Å². The predicted molar refractivity (Wildman–Crippen MR) is 132 cm³/mol. The molecular formula is C26H20N2S2. The van der Waals surface area contributed by atoms with Gasteiger partial charge < -0.3 is 0 Å². The van der Waals surface area contributed by atoms with Crippen molar-refractivity contribution in [1.82, 2.24) is 0 Å². The molecule has 0 saturated carbocycles. The highest BCUT2D eigenvalue weighted by Crippen LogP contribution is 2.37. The van der Waals surface area contributed by atoms with E-state index in [4.69, 9.17) is 10.8 Å². The maximum absolute atomic E-state index is 8.64. The Balaban J connectivity index is 1.45. The van der Waals surface area contributed by atoms with Gasteiger partial charge in [0.05, 0.1) is 11.4 Å². The van der Waals surface area contributed by atoms with Crippen molar-refractivity contribution in [1.29, 1.82) is 10.8 Å². The van der Waals surface area contributed by atoms with Gasteiger partial charge in [0.25, 0.3) is 0 Å². The maximum atomic E-state index is 8.64. The Kier molecular flexibility index (Phi) is 5.03. The van der Waals surface area contributed by atoms with Crippen LogP contribution in [0.4, 0.5) is 0 Å². The van der Waals surface area contributed by atoms with Crippen LogP contribution in [0.5, 0.6) is 0 Å². The molecule has 2 heterocycles. The van der Waals surface area contributed by atoms with Crippen molar-refractivity contribution in [2.24, 2.45) is 0 Å². The quantitative estimate of drug-likeness (QED) is 0.403. The molecule has 0 bridgehead atoms. The van der Waals surface area contributed by atoms with Gasteiger partial charge in [-0.1, -0.05) is 60.7 Å². The molecule has 3 aromatic rings. The van der Waals surface area contributed by atoms with Crippen LogP contribution in [-0.2, 0) is 0 Å². The summed E-state index contributed by atoms with van der Waals surface area (Å²) >= 11 is 3.37. The van der Waals surface area contributed by atoms with E-state index in [0.717, 1.165) is 33.7 Å². The molecule has 0 radical (unpaired) electrons. The maximum Gasteiger partial charge on any atom is 0.0882 e. The molecule has 0 fully saturated rings. The zero-order chi connectivity index (χ0) is 20.5. The monoisotopic (exact) mass is 424 g/mol. The van der Waals surface area contributed by atoms with Gasteiger partial charge in [-0.05, 0) is 48.2 Å². The lowest BCUT2D eigenvalue weighted by Crippen LogP contribution is -2.17. The number of allylic oxidation sites excluding steroid dienone is 8. The molecule has 1 aromatic carbocycles. The second-order valence-corrected chi connectivity index (χ2v) is 9.41. The van der Waals surface area contributed by atoms with E-state index in [1.165, 1.54) is 20.9 Å². The average molecular weight is 425 g/mol. The van der Waals surface area contributed by atoms with Crippen LogP contribution in [0.3, 0.4) is 0 Å². The molecule has 0 spiro atoms. The van der Waals surface area contributed by atoms with Crippen molar-refractivity contribution in [2.45, 2.75) is 12.8 Å². The molecule has 2 aromatic heterocycles. The summed E-state index contributed by atoms with van der Waals surface area (Å²) in [6.45, 7) is 0. The van der Waals surface area contributed by atoms with Crippen LogP contribution in [0.25, 0.3) is 27.2 Å². The molecule has 0 saturated heterocycles. The zero-order valence-corrected chi connectivity index (χ0v) is 17.9. The minimum atomic E-state index is 0.292. The first-order valence-electron chi connectivity index (χ1n) is 9.94. The fourth-order valence-electron chi connectivity index (χ4n) is 3.69. The number of hydrogen-bond donors (Lipinski definition) is 2. The van der Waals surface area contributed by atoms with E-state index in [9.17, 15) is 0 Å². The largest absolute Gasteiger partial charge is 0.298 e. The first-order valence-corrected chi connectivity index (χ1v) is 11.6. The van der Waals surface area contributed by atoms with Crippen molar-refractivity contribution in [3.63, 3.8) is 0 Å². The van der Waals surface area contributed by atoms with Crippen LogP contribution in [0.15, 0.2) is 85.0 Å². The van der Waals surface area contributed by atoms with Gasteiger partial charge in [0.1, 0.15) is 0 Å². The van der Waals surface area contributed by atoms with Crippen LogP contribution in [0.1, 0.15) is 27.5 Å². The van der Waals surface area contributed by atoms with Crippen molar-refractivity contribution in [3.8, 4) is 10.4 Å². The van der Waals surface area contributed by atoms with Gasteiger partial charge in [-0.15, -0.1) is 22.7 Å². The molecule has 2 aliphatic rings. The fraction of sp³-hybridized carbons (Fsp3) is 0.0769. The van der Waals surface area contributed by atoms with Gasteiger partial charge >= 0.3 is 0 Å². The molecule has 146 valence electrons. The second kappa shape index (κ2) is 7.98. The van der Waals surface area contributed by atoms with E-state index >= 15 is 0 Å². The summed E-state index contributed by atoms with van der Waals surface area (Å²) in [5, 5.41) is 17.3. The zero-order valence-electron chi connectivity index (χ0n) is 16.3. The molecule has 30 heavy (non-hydrogen) atoms. The molecule has 0 unspecified atom stereocenters. The van der Waals surface area contributed by atoms with Crippen molar-refractivity contribution < 1.29 is 0 Å². The minimum Gasteiger partial charge on any atom is -0.298 e. The van der Waals surface area contributed by atoms with E-state index in [0.29, 0.717) is 11.4 Å². The standard InChI is InChI=1S/C26H20N2S2/c27-25-19(23-15-13-21(29-23)17-7-3-1-4-8-17)11-12-20(26(25)28)24-16-14-22(30-24)18-9-5-2-6-10-18/h1,3-5,7-16,27-28H,2,6H2. The van der Waals surface area contributed by atoms with Gasteiger partial charge in [-0.2, -0.15) is 0 Å². The number of nitrogens with one attached hydrogen (secondary N) is 2. The van der Waals surface area contributed by atoms with E-state index in [1.807, 2.05) is 30.4 Å². The molecule has 0 aliphatic heterocycles. The van der Waals surface area contributed by atoms with E-state index in [2.05, 4.69) is 54.6 Å². The van der Waals surface area contributed by atoms with Gasteiger partial charge in [-0.3, -0.25) is 10.8 Å². The normalized spacial score (nSPS) is 16.3.